The lowest BCUT2D eigenvalue weighted by atomic mass is 9.97. The molecule has 0 saturated carbocycles. The van der Waals surface area contributed by atoms with Crippen molar-refractivity contribution in [2.75, 3.05) is 13.2 Å². The fourth-order valence-electron chi connectivity index (χ4n) is 3.11. The van der Waals surface area contributed by atoms with Crippen LogP contribution in [0.3, 0.4) is 0 Å². The van der Waals surface area contributed by atoms with Gasteiger partial charge in [0, 0.05) is 30.2 Å². The van der Waals surface area contributed by atoms with E-state index in [-0.39, 0.29) is 36.6 Å². The third-order valence-electron chi connectivity index (χ3n) is 4.70. The van der Waals surface area contributed by atoms with Gasteiger partial charge < -0.3 is 10.4 Å². The van der Waals surface area contributed by atoms with Gasteiger partial charge in [-0.3, -0.25) is 9.59 Å². The van der Waals surface area contributed by atoms with Crippen LogP contribution in [-0.2, 0) is 6.42 Å². The van der Waals surface area contributed by atoms with Crippen LogP contribution in [0, 0.1) is 11.7 Å². The molecular weight excluding hydrogens is 369 g/mol. The Morgan fingerprint density at radius 1 is 0.862 bits per heavy atom. The molecule has 0 aromatic heterocycles. The molecule has 5 heteroatoms. The van der Waals surface area contributed by atoms with Crippen molar-refractivity contribution in [3.63, 3.8) is 0 Å². The number of halogens is 1. The average Bonchev–Trinajstić information content (AvgIpc) is 2.77. The summed E-state index contributed by atoms with van der Waals surface area (Å²) in [6.45, 7) is 0.114. The van der Waals surface area contributed by atoms with Gasteiger partial charge in [-0.25, -0.2) is 4.39 Å². The Morgan fingerprint density at radius 2 is 1.48 bits per heavy atom. The Hall–Kier alpha value is -3.31. The predicted octanol–water partition coefficient (Wildman–Crippen LogP) is 3.64. The van der Waals surface area contributed by atoms with Crippen LogP contribution in [-0.4, -0.2) is 29.9 Å². The summed E-state index contributed by atoms with van der Waals surface area (Å²) >= 11 is 0. The van der Waals surface area contributed by atoms with E-state index in [4.69, 9.17) is 0 Å². The molecule has 3 rings (SSSR count). The minimum atomic E-state index is -0.373. The highest BCUT2D eigenvalue weighted by Crippen LogP contribution is 2.15. The van der Waals surface area contributed by atoms with Crippen LogP contribution in [0.4, 0.5) is 4.39 Å². The van der Waals surface area contributed by atoms with Gasteiger partial charge in [0.25, 0.3) is 5.91 Å². The number of ketones is 1. The molecule has 3 aromatic carbocycles. The van der Waals surface area contributed by atoms with Crippen LogP contribution in [0.15, 0.2) is 78.9 Å². The van der Waals surface area contributed by atoms with E-state index in [0.717, 1.165) is 5.56 Å². The molecular formula is C24H22FNO3. The molecule has 0 aliphatic carbocycles. The van der Waals surface area contributed by atoms with Gasteiger partial charge in [-0.2, -0.15) is 0 Å². The summed E-state index contributed by atoms with van der Waals surface area (Å²) in [4.78, 5) is 25.5. The zero-order valence-electron chi connectivity index (χ0n) is 15.8. The monoisotopic (exact) mass is 391 g/mol. The Morgan fingerprint density at radius 3 is 2.14 bits per heavy atom. The number of carbonyl (C=O) groups excluding carboxylic acids is 2. The second-order valence-corrected chi connectivity index (χ2v) is 6.83. The summed E-state index contributed by atoms with van der Waals surface area (Å²) in [6, 6.07) is 21.5. The van der Waals surface area contributed by atoms with E-state index >= 15 is 0 Å². The maximum absolute atomic E-state index is 13.0. The van der Waals surface area contributed by atoms with Crippen molar-refractivity contribution < 1.29 is 19.1 Å². The lowest BCUT2D eigenvalue weighted by Gasteiger charge is -2.16. The van der Waals surface area contributed by atoms with Crippen molar-refractivity contribution in [1.29, 1.82) is 0 Å². The van der Waals surface area contributed by atoms with Gasteiger partial charge >= 0.3 is 0 Å². The zero-order chi connectivity index (χ0) is 20.6. The Kier molecular flexibility index (Phi) is 6.87. The number of hydrogen-bond donors (Lipinski definition) is 2. The van der Waals surface area contributed by atoms with Gasteiger partial charge in [0.05, 0.1) is 5.56 Å². The number of aliphatic hydroxyl groups is 1. The fraction of sp³-hybridized carbons (Fsp3) is 0.167. The van der Waals surface area contributed by atoms with Gasteiger partial charge in [0.1, 0.15) is 5.82 Å². The van der Waals surface area contributed by atoms with Crippen LogP contribution in [0.2, 0.25) is 0 Å². The molecule has 0 fully saturated rings. The minimum Gasteiger partial charge on any atom is -0.396 e. The number of amides is 1. The maximum atomic E-state index is 13.0. The molecule has 1 amide bonds. The van der Waals surface area contributed by atoms with Gasteiger partial charge in [-0.15, -0.1) is 0 Å². The summed E-state index contributed by atoms with van der Waals surface area (Å²) in [5.74, 6) is -1.13. The maximum Gasteiger partial charge on any atom is 0.252 e. The smallest absolute Gasteiger partial charge is 0.252 e. The molecule has 0 aliphatic rings. The van der Waals surface area contributed by atoms with Crippen LogP contribution < -0.4 is 5.32 Å². The highest BCUT2D eigenvalue weighted by atomic mass is 19.1. The summed E-state index contributed by atoms with van der Waals surface area (Å²) in [6.07, 6.45) is 0.502. The van der Waals surface area contributed by atoms with E-state index in [1.165, 1.54) is 12.1 Å². The molecule has 0 radical (unpaired) electrons. The van der Waals surface area contributed by atoms with Crippen molar-refractivity contribution in [2.24, 2.45) is 5.92 Å². The number of aliphatic hydroxyl groups excluding tert-OH is 1. The molecule has 0 unspecified atom stereocenters. The lowest BCUT2D eigenvalue weighted by molar-refractivity contribution is 0.0929. The van der Waals surface area contributed by atoms with Gasteiger partial charge in [0.2, 0.25) is 0 Å². The highest BCUT2D eigenvalue weighted by molar-refractivity contribution is 6.15. The van der Waals surface area contributed by atoms with Crippen molar-refractivity contribution in [3.8, 4) is 0 Å². The van der Waals surface area contributed by atoms with Crippen LogP contribution in [0.25, 0.3) is 0 Å². The molecule has 2 N–H and O–H groups in total. The number of nitrogens with one attached hydrogen (secondary N) is 1. The molecule has 0 aliphatic heterocycles. The molecule has 148 valence electrons. The SMILES string of the molecule is O=C(NC[C@H](CO)Cc1ccc(F)cc1)c1ccccc1C(=O)c1ccccc1. The second kappa shape index (κ2) is 9.75. The first-order chi connectivity index (χ1) is 14.1. The van der Waals surface area contributed by atoms with Crippen molar-refractivity contribution >= 4 is 11.7 Å². The number of carbonyl (C=O) groups is 2. The first-order valence-corrected chi connectivity index (χ1v) is 9.40. The quantitative estimate of drug-likeness (QED) is 0.576. The van der Waals surface area contributed by atoms with Gasteiger partial charge in [0.15, 0.2) is 5.78 Å². The van der Waals surface area contributed by atoms with Crippen LogP contribution >= 0.6 is 0 Å². The molecule has 1 atom stereocenters. The van der Waals surface area contributed by atoms with E-state index < -0.39 is 0 Å². The standard InChI is InChI=1S/C24H22FNO3/c25-20-12-10-17(11-13-20)14-18(16-27)15-26-24(29)22-9-5-4-8-21(22)23(28)19-6-2-1-3-7-19/h1-13,18,27H,14-16H2,(H,26,29)/t18-/m1/s1. The van der Waals surface area contributed by atoms with E-state index in [9.17, 15) is 19.1 Å². The Balaban J connectivity index is 1.69. The van der Waals surface area contributed by atoms with E-state index in [0.29, 0.717) is 23.1 Å². The molecule has 0 heterocycles. The minimum absolute atomic E-state index is 0.123. The first-order valence-electron chi connectivity index (χ1n) is 9.40. The topological polar surface area (TPSA) is 66.4 Å². The van der Waals surface area contributed by atoms with Crippen molar-refractivity contribution in [2.45, 2.75) is 6.42 Å². The molecule has 4 nitrogen and oxygen atoms in total. The predicted molar refractivity (Wildman–Crippen MR) is 109 cm³/mol. The first kappa shape index (κ1) is 20.4. The van der Waals surface area contributed by atoms with Crippen LogP contribution in [0.1, 0.15) is 31.8 Å². The third kappa shape index (κ3) is 5.36. The Bertz CT molecular complexity index is 971. The van der Waals surface area contributed by atoms with Crippen LogP contribution in [0.5, 0.6) is 0 Å². The average molecular weight is 391 g/mol. The fourth-order valence-corrected chi connectivity index (χ4v) is 3.11. The molecule has 0 spiro atoms. The zero-order valence-corrected chi connectivity index (χ0v) is 15.8. The normalized spacial score (nSPS) is 11.7. The molecule has 29 heavy (non-hydrogen) atoms. The summed E-state index contributed by atoms with van der Waals surface area (Å²) in [7, 11) is 0. The molecule has 0 saturated heterocycles. The molecule has 0 bridgehead atoms. The largest absolute Gasteiger partial charge is 0.396 e. The summed E-state index contributed by atoms with van der Waals surface area (Å²) in [5.41, 5.74) is 2.01. The van der Waals surface area contributed by atoms with Gasteiger partial charge in [-0.1, -0.05) is 60.7 Å². The van der Waals surface area contributed by atoms with E-state index in [1.54, 1.807) is 60.7 Å². The lowest BCUT2D eigenvalue weighted by Crippen LogP contribution is -2.32. The third-order valence-corrected chi connectivity index (χ3v) is 4.70. The van der Waals surface area contributed by atoms with Crippen molar-refractivity contribution in [3.05, 3.63) is 107 Å². The number of benzene rings is 3. The van der Waals surface area contributed by atoms with Gasteiger partial charge in [-0.05, 0) is 30.2 Å². The molecule has 3 aromatic rings. The summed E-state index contributed by atoms with van der Waals surface area (Å²) in [5, 5.41) is 12.4. The second-order valence-electron chi connectivity index (χ2n) is 6.83. The number of hydrogen-bond acceptors (Lipinski definition) is 3. The Labute approximate surface area is 169 Å². The van der Waals surface area contributed by atoms with E-state index in [1.807, 2.05) is 6.07 Å². The highest BCUT2D eigenvalue weighted by Gasteiger charge is 2.19. The number of rotatable bonds is 8. The van der Waals surface area contributed by atoms with Crippen molar-refractivity contribution in [1.82, 2.24) is 5.32 Å². The van der Waals surface area contributed by atoms with E-state index in [2.05, 4.69) is 5.32 Å². The summed E-state index contributed by atoms with van der Waals surface area (Å²) < 4.78 is 13.0.